The largest absolute Gasteiger partial charge is 0.381 e. The predicted molar refractivity (Wildman–Crippen MR) is 62.2 cm³/mol. The molecule has 0 spiro atoms. The standard InChI is InChI=1S/C12H22N2O2/c1-12(5-6-13-9-12)11(15)14(2)10-3-7-16-8-4-10/h10,13H,3-9H2,1-2H3. The first kappa shape index (κ1) is 11.9. The van der Waals surface area contributed by atoms with Gasteiger partial charge in [0.25, 0.3) is 0 Å². The molecule has 0 aliphatic carbocycles. The third kappa shape index (κ3) is 2.23. The van der Waals surface area contributed by atoms with E-state index in [1.807, 2.05) is 11.9 Å². The second-order valence-corrected chi connectivity index (χ2v) is 5.25. The third-order valence-corrected chi connectivity index (χ3v) is 3.94. The summed E-state index contributed by atoms with van der Waals surface area (Å²) in [5.74, 6) is 0.296. The molecule has 0 saturated carbocycles. The predicted octanol–water partition coefficient (Wildman–Crippen LogP) is 0.623. The summed E-state index contributed by atoms with van der Waals surface area (Å²) in [5.41, 5.74) is -0.187. The van der Waals surface area contributed by atoms with Crippen LogP contribution in [0.5, 0.6) is 0 Å². The number of carbonyl (C=O) groups is 1. The molecule has 2 fully saturated rings. The summed E-state index contributed by atoms with van der Waals surface area (Å²) in [4.78, 5) is 14.4. The molecule has 2 aliphatic heterocycles. The topological polar surface area (TPSA) is 41.6 Å². The van der Waals surface area contributed by atoms with Crippen LogP contribution >= 0.6 is 0 Å². The van der Waals surface area contributed by atoms with E-state index >= 15 is 0 Å². The highest BCUT2D eigenvalue weighted by Crippen LogP contribution is 2.28. The van der Waals surface area contributed by atoms with Crippen molar-refractivity contribution >= 4 is 5.91 Å². The van der Waals surface area contributed by atoms with E-state index in [1.165, 1.54) is 0 Å². The normalized spacial score (nSPS) is 31.6. The number of hydrogen-bond donors (Lipinski definition) is 1. The third-order valence-electron chi connectivity index (χ3n) is 3.94. The number of hydrogen-bond acceptors (Lipinski definition) is 3. The first-order valence-electron chi connectivity index (χ1n) is 6.19. The highest BCUT2D eigenvalue weighted by atomic mass is 16.5. The van der Waals surface area contributed by atoms with Gasteiger partial charge in [0.1, 0.15) is 0 Å². The minimum Gasteiger partial charge on any atom is -0.381 e. The molecule has 1 N–H and O–H groups in total. The van der Waals surface area contributed by atoms with Gasteiger partial charge in [0.05, 0.1) is 5.41 Å². The fourth-order valence-electron chi connectivity index (χ4n) is 2.66. The molecule has 4 nitrogen and oxygen atoms in total. The average molecular weight is 226 g/mol. The Hall–Kier alpha value is -0.610. The zero-order chi connectivity index (χ0) is 11.6. The monoisotopic (exact) mass is 226 g/mol. The van der Waals surface area contributed by atoms with Gasteiger partial charge in [-0.3, -0.25) is 4.79 Å². The number of rotatable bonds is 2. The van der Waals surface area contributed by atoms with Crippen LogP contribution in [-0.2, 0) is 9.53 Å². The summed E-state index contributed by atoms with van der Waals surface area (Å²) in [6.45, 7) is 5.43. The van der Waals surface area contributed by atoms with Crippen molar-refractivity contribution in [2.75, 3.05) is 33.4 Å². The average Bonchev–Trinajstić information content (AvgIpc) is 2.77. The van der Waals surface area contributed by atoms with E-state index in [1.54, 1.807) is 0 Å². The first-order chi connectivity index (χ1) is 7.63. The molecule has 0 aromatic heterocycles. The number of amides is 1. The van der Waals surface area contributed by atoms with Gasteiger partial charge in [-0.2, -0.15) is 0 Å². The molecule has 1 atom stereocenters. The summed E-state index contributed by atoms with van der Waals surface area (Å²) < 4.78 is 5.33. The van der Waals surface area contributed by atoms with Crippen LogP contribution in [0.2, 0.25) is 0 Å². The van der Waals surface area contributed by atoms with Crippen molar-refractivity contribution in [1.29, 1.82) is 0 Å². The molecule has 0 bridgehead atoms. The smallest absolute Gasteiger partial charge is 0.229 e. The van der Waals surface area contributed by atoms with Gasteiger partial charge in [-0.15, -0.1) is 0 Å². The van der Waals surface area contributed by atoms with Crippen molar-refractivity contribution in [2.24, 2.45) is 5.41 Å². The van der Waals surface area contributed by atoms with E-state index < -0.39 is 0 Å². The maximum atomic E-state index is 12.4. The Morgan fingerprint density at radius 2 is 2.12 bits per heavy atom. The van der Waals surface area contributed by atoms with E-state index in [-0.39, 0.29) is 5.41 Å². The van der Waals surface area contributed by atoms with Crippen molar-refractivity contribution < 1.29 is 9.53 Å². The zero-order valence-electron chi connectivity index (χ0n) is 10.3. The molecule has 2 aliphatic rings. The summed E-state index contributed by atoms with van der Waals surface area (Å²) in [6.07, 6.45) is 2.91. The maximum absolute atomic E-state index is 12.4. The molecule has 1 amide bonds. The van der Waals surface area contributed by atoms with Crippen LogP contribution < -0.4 is 5.32 Å². The number of ether oxygens (including phenoxy) is 1. The van der Waals surface area contributed by atoms with E-state index in [4.69, 9.17) is 4.74 Å². The van der Waals surface area contributed by atoms with Gasteiger partial charge >= 0.3 is 0 Å². The van der Waals surface area contributed by atoms with Crippen molar-refractivity contribution in [1.82, 2.24) is 10.2 Å². The van der Waals surface area contributed by atoms with E-state index in [2.05, 4.69) is 12.2 Å². The Bertz CT molecular complexity index is 256. The van der Waals surface area contributed by atoms with Crippen molar-refractivity contribution in [3.05, 3.63) is 0 Å². The van der Waals surface area contributed by atoms with Crippen molar-refractivity contribution in [2.45, 2.75) is 32.2 Å². The fourth-order valence-corrected chi connectivity index (χ4v) is 2.66. The Labute approximate surface area is 97.3 Å². The van der Waals surface area contributed by atoms with Gasteiger partial charge in [-0.05, 0) is 32.7 Å². The Morgan fingerprint density at radius 3 is 2.69 bits per heavy atom. The minimum absolute atomic E-state index is 0.187. The van der Waals surface area contributed by atoms with Crippen LogP contribution in [0.1, 0.15) is 26.2 Å². The molecule has 2 rings (SSSR count). The van der Waals surface area contributed by atoms with E-state index in [0.29, 0.717) is 11.9 Å². The molecular weight excluding hydrogens is 204 g/mol. The van der Waals surface area contributed by atoms with Crippen molar-refractivity contribution in [3.8, 4) is 0 Å². The van der Waals surface area contributed by atoms with Crippen LogP contribution in [0.3, 0.4) is 0 Å². The van der Waals surface area contributed by atoms with Gasteiger partial charge in [0.2, 0.25) is 5.91 Å². The second-order valence-electron chi connectivity index (χ2n) is 5.25. The molecule has 2 heterocycles. The van der Waals surface area contributed by atoms with E-state index in [0.717, 1.165) is 45.6 Å². The molecule has 4 heteroatoms. The lowest BCUT2D eigenvalue weighted by Crippen LogP contribution is -2.48. The molecule has 0 radical (unpaired) electrons. The highest BCUT2D eigenvalue weighted by Gasteiger charge is 2.40. The number of nitrogens with one attached hydrogen (secondary N) is 1. The number of nitrogens with zero attached hydrogens (tertiary/aromatic N) is 1. The van der Waals surface area contributed by atoms with Gasteiger partial charge in [-0.25, -0.2) is 0 Å². The highest BCUT2D eigenvalue weighted by molar-refractivity contribution is 5.83. The molecule has 0 aromatic carbocycles. The SMILES string of the molecule is CN(C(=O)C1(C)CCNC1)C1CCOCC1. The summed E-state index contributed by atoms with van der Waals surface area (Å²) in [5, 5.41) is 3.28. The summed E-state index contributed by atoms with van der Waals surface area (Å²) in [7, 11) is 1.95. The summed E-state index contributed by atoms with van der Waals surface area (Å²) >= 11 is 0. The van der Waals surface area contributed by atoms with Crippen LogP contribution in [0.25, 0.3) is 0 Å². The van der Waals surface area contributed by atoms with Crippen LogP contribution in [-0.4, -0.2) is 50.2 Å². The molecule has 2 saturated heterocycles. The molecule has 16 heavy (non-hydrogen) atoms. The quantitative estimate of drug-likeness (QED) is 0.750. The second kappa shape index (κ2) is 4.72. The van der Waals surface area contributed by atoms with Gasteiger partial charge < -0.3 is 15.0 Å². The lowest BCUT2D eigenvalue weighted by molar-refractivity contribution is -0.142. The van der Waals surface area contributed by atoms with Crippen LogP contribution in [0, 0.1) is 5.41 Å². The lowest BCUT2D eigenvalue weighted by Gasteiger charge is -2.36. The van der Waals surface area contributed by atoms with Crippen molar-refractivity contribution in [3.63, 3.8) is 0 Å². The molecule has 92 valence electrons. The first-order valence-corrected chi connectivity index (χ1v) is 6.19. The fraction of sp³-hybridized carbons (Fsp3) is 0.917. The van der Waals surface area contributed by atoms with Gasteiger partial charge in [-0.1, -0.05) is 0 Å². The Balaban J connectivity index is 1.97. The minimum atomic E-state index is -0.187. The Morgan fingerprint density at radius 1 is 1.44 bits per heavy atom. The number of carbonyl (C=O) groups excluding carboxylic acids is 1. The van der Waals surface area contributed by atoms with Crippen LogP contribution in [0.4, 0.5) is 0 Å². The van der Waals surface area contributed by atoms with Crippen LogP contribution in [0.15, 0.2) is 0 Å². The summed E-state index contributed by atoms with van der Waals surface area (Å²) in [6, 6.07) is 0.374. The zero-order valence-corrected chi connectivity index (χ0v) is 10.3. The lowest BCUT2D eigenvalue weighted by atomic mass is 9.87. The van der Waals surface area contributed by atoms with Gasteiger partial charge in [0.15, 0.2) is 0 Å². The Kier molecular flexibility index (Phi) is 3.50. The maximum Gasteiger partial charge on any atom is 0.229 e. The molecule has 0 aromatic rings. The van der Waals surface area contributed by atoms with Gasteiger partial charge in [0, 0.05) is 32.8 Å². The van der Waals surface area contributed by atoms with E-state index in [9.17, 15) is 4.79 Å². The molecule has 1 unspecified atom stereocenters. The molecular formula is C12H22N2O2.